The molecular weight excluding hydrogens is 350 g/mol. The molecule has 7 heteroatoms. The molecule has 1 atom stereocenters. The van der Waals surface area contributed by atoms with E-state index in [1.165, 1.54) is 7.11 Å². The van der Waals surface area contributed by atoms with E-state index >= 15 is 0 Å². The molecule has 1 aliphatic rings. The standard InChI is InChI=1S/C17H18ClNO4S/c1-23-17(22)13(12-4-2-3-5-14(12)18)10-19-7-6-15(24)11(9-19)8-16(20)21/h2-6,8,13,24H,7,9-10H2,1H3,(H,20,21)/b11-8-/t13-/m0/s1. The van der Waals surface area contributed by atoms with Gasteiger partial charge in [-0.05, 0) is 17.2 Å². The van der Waals surface area contributed by atoms with Crippen LogP contribution in [0.2, 0.25) is 5.02 Å². The summed E-state index contributed by atoms with van der Waals surface area (Å²) in [6.07, 6.45) is 2.95. The smallest absolute Gasteiger partial charge is 0.328 e. The highest BCUT2D eigenvalue weighted by Crippen LogP contribution is 2.28. The molecule has 1 aromatic carbocycles. The quantitative estimate of drug-likeness (QED) is 0.476. The Morgan fingerprint density at radius 3 is 2.79 bits per heavy atom. The van der Waals surface area contributed by atoms with Crippen LogP contribution in [0.15, 0.2) is 46.9 Å². The number of carboxylic acid groups (broad SMARTS) is 1. The molecule has 1 aromatic rings. The molecule has 0 spiro atoms. The Kier molecular flexibility index (Phi) is 6.48. The summed E-state index contributed by atoms with van der Waals surface area (Å²) in [4.78, 5) is 25.7. The number of hydrogen-bond donors (Lipinski definition) is 2. The molecule has 0 aliphatic carbocycles. The third-order valence-corrected chi connectivity index (χ3v) is 4.58. The van der Waals surface area contributed by atoms with Crippen LogP contribution < -0.4 is 0 Å². The van der Waals surface area contributed by atoms with Crippen molar-refractivity contribution in [2.45, 2.75) is 5.92 Å². The molecule has 1 aliphatic heterocycles. The van der Waals surface area contributed by atoms with Gasteiger partial charge in [0.05, 0.1) is 13.0 Å². The topological polar surface area (TPSA) is 66.8 Å². The maximum atomic E-state index is 12.2. The third-order valence-electron chi connectivity index (χ3n) is 3.77. The molecule has 0 unspecified atom stereocenters. The van der Waals surface area contributed by atoms with Gasteiger partial charge in [0, 0.05) is 35.6 Å². The first-order valence-electron chi connectivity index (χ1n) is 7.30. The van der Waals surface area contributed by atoms with E-state index in [0.717, 1.165) is 6.08 Å². The van der Waals surface area contributed by atoms with E-state index in [0.29, 0.717) is 40.7 Å². The van der Waals surface area contributed by atoms with Gasteiger partial charge in [-0.3, -0.25) is 9.69 Å². The molecule has 24 heavy (non-hydrogen) atoms. The second-order valence-electron chi connectivity index (χ2n) is 5.39. The molecular formula is C17H18ClNO4S. The molecule has 0 fully saturated rings. The van der Waals surface area contributed by atoms with Gasteiger partial charge in [-0.2, -0.15) is 0 Å². The minimum atomic E-state index is -1.03. The van der Waals surface area contributed by atoms with Gasteiger partial charge < -0.3 is 9.84 Å². The molecule has 128 valence electrons. The van der Waals surface area contributed by atoms with Gasteiger partial charge in [0.25, 0.3) is 0 Å². The van der Waals surface area contributed by atoms with E-state index in [1.54, 1.807) is 18.2 Å². The first-order valence-corrected chi connectivity index (χ1v) is 8.12. The number of thiol groups is 1. The van der Waals surface area contributed by atoms with Crippen molar-refractivity contribution in [3.8, 4) is 0 Å². The summed E-state index contributed by atoms with van der Waals surface area (Å²) in [6.45, 7) is 1.32. The van der Waals surface area contributed by atoms with Crippen molar-refractivity contribution in [1.82, 2.24) is 4.90 Å². The maximum Gasteiger partial charge on any atom is 0.328 e. The lowest BCUT2D eigenvalue weighted by Crippen LogP contribution is -2.36. The predicted octanol–water partition coefficient (Wildman–Crippen LogP) is 2.74. The van der Waals surface area contributed by atoms with Crippen LogP contribution >= 0.6 is 24.2 Å². The highest BCUT2D eigenvalue weighted by Gasteiger charge is 2.27. The van der Waals surface area contributed by atoms with Crippen LogP contribution in [0, 0.1) is 0 Å². The summed E-state index contributed by atoms with van der Waals surface area (Å²) in [7, 11) is 1.34. The third kappa shape index (κ3) is 4.63. The number of ether oxygens (including phenoxy) is 1. The average Bonchev–Trinajstić information content (AvgIpc) is 2.55. The minimum absolute atomic E-state index is 0.366. The van der Waals surface area contributed by atoms with Crippen molar-refractivity contribution in [2.24, 2.45) is 0 Å². The minimum Gasteiger partial charge on any atom is -0.478 e. The summed E-state index contributed by atoms with van der Waals surface area (Å²) in [6, 6.07) is 7.13. The van der Waals surface area contributed by atoms with Crippen LogP contribution in [-0.2, 0) is 14.3 Å². The van der Waals surface area contributed by atoms with E-state index in [4.69, 9.17) is 21.4 Å². The number of benzene rings is 1. The normalized spacial score (nSPS) is 18.1. The molecule has 1 N–H and O–H groups in total. The number of carboxylic acids is 1. The fraction of sp³-hybridized carbons (Fsp3) is 0.294. The predicted molar refractivity (Wildman–Crippen MR) is 95.4 cm³/mol. The fourth-order valence-corrected chi connectivity index (χ4v) is 3.08. The van der Waals surface area contributed by atoms with Crippen LogP contribution in [0.25, 0.3) is 0 Å². The van der Waals surface area contributed by atoms with Crippen LogP contribution in [-0.4, -0.2) is 48.7 Å². The highest BCUT2D eigenvalue weighted by atomic mass is 35.5. The number of halogens is 1. The van der Waals surface area contributed by atoms with Crippen LogP contribution in [0.4, 0.5) is 0 Å². The molecule has 0 saturated carbocycles. The number of nitrogens with zero attached hydrogens (tertiary/aromatic N) is 1. The van der Waals surface area contributed by atoms with E-state index in [2.05, 4.69) is 12.6 Å². The zero-order valence-corrected chi connectivity index (χ0v) is 14.8. The Hall–Kier alpha value is -1.76. The van der Waals surface area contributed by atoms with E-state index in [9.17, 15) is 9.59 Å². The fourth-order valence-electron chi connectivity index (χ4n) is 2.60. The number of hydrogen-bond acceptors (Lipinski definition) is 5. The lowest BCUT2D eigenvalue weighted by atomic mass is 9.97. The molecule has 0 radical (unpaired) electrons. The first kappa shape index (κ1) is 18.6. The van der Waals surface area contributed by atoms with Crippen molar-refractivity contribution in [2.75, 3.05) is 26.7 Å². The summed E-state index contributed by atoms with van der Waals surface area (Å²) >= 11 is 10.5. The molecule has 0 bridgehead atoms. The van der Waals surface area contributed by atoms with Crippen LogP contribution in [0.3, 0.4) is 0 Å². The summed E-state index contributed by atoms with van der Waals surface area (Å²) in [5, 5.41) is 9.44. The second kappa shape index (κ2) is 8.37. The van der Waals surface area contributed by atoms with Crippen molar-refractivity contribution in [3.63, 3.8) is 0 Å². The number of methoxy groups -OCH3 is 1. The number of carbonyl (C=O) groups is 2. The monoisotopic (exact) mass is 367 g/mol. The van der Waals surface area contributed by atoms with Gasteiger partial charge in [-0.15, -0.1) is 12.6 Å². The van der Waals surface area contributed by atoms with Gasteiger partial charge in [-0.25, -0.2) is 4.79 Å². The zero-order chi connectivity index (χ0) is 17.7. The largest absolute Gasteiger partial charge is 0.478 e. The van der Waals surface area contributed by atoms with Gasteiger partial charge in [0.2, 0.25) is 0 Å². The summed E-state index contributed by atoms with van der Waals surface area (Å²) in [5.41, 5.74) is 1.29. The Bertz CT molecular complexity index is 702. The maximum absolute atomic E-state index is 12.2. The first-order chi connectivity index (χ1) is 11.4. The second-order valence-corrected chi connectivity index (χ2v) is 6.28. The Morgan fingerprint density at radius 1 is 1.46 bits per heavy atom. The SMILES string of the molecule is COC(=O)[C@@H](CN1CC=C(S)/C(=C\C(=O)O)C1)c1ccccc1Cl. The molecule has 2 rings (SSSR count). The zero-order valence-electron chi connectivity index (χ0n) is 13.1. The Balaban J connectivity index is 2.24. The average molecular weight is 368 g/mol. The van der Waals surface area contributed by atoms with Gasteiger partial charge in [0.15, 0.2) is 0 Å². The lowest BCUT2D eigenvalue weighted by molar-refractivity contribution is -0.143. The molecule has 0 amide bonds. The van der Waals surface area contributed by atoms with E-state index < -0.39 is 11.9 Å². The van der Waals surface area contributed by atoms with Crippen molar-refractivity contribution in [3.05, 3.63) is 57.5 Å². The van der Waals surface area contributed by atoms with Crippen molar-refractivity contribution < 1.29 is 19.4 Å². The van der Waals surface area contributed by atoms with Gasteiger partial charge in [-0.1, -0.05) is 35.9 Å². The molecule has 0 aromatic heterocycles. The summed E-state index contributed by atoms with van der Waals surface area (Å²) < 4.78 is 4.91. The van der Waals surface area contributed by atoms with Gasteiger partial charge in [0.1, 0.15) is 0 Å². The van der Waals surface area contributed by atoms with Crippen molar-refractivity contribution in [1.29, 1.82) is 0 Å². The van der Waals surface area contributed by atoms with Crippen LogP contribution in [0.5, 0.6) is 0 Å². The molecule has 1 heterocycles. The summed E-state index contributed by atoms with van der Waals surface area (Å²) in [5.74, 6) is -1.96. The van der Waals surface area contributed by atoms with E-state index in [-0.39, 0.29) is 5.97 Å². The Labute approximate surface area is 151 Å². The Morgan fingerprint density at radius 2 is 2.17 bits per heavy atom. The van der Waals surface area contributed by atoms with E-state index in [1.807, 2.05) is 17.0 Å². The van der Waals surface area contributed by atoms with Crippen molar-refractivity contribution >= 4 is 36.2 Å². The van der Waals surface area contributed by atoms with Crippen LogP contribution in [0.1, 0.15) is 11.5 Å². The number of rotatable bonds is 5. The number of aliphatic carboxylic acids is 1. The number of carbonyl (C=O) groups excluding carboxylic acids is 1. The molecule has 0 saturated heterocycles. The molecule has 5 nitrogen and oxygen atoms in total. The van der Waals surface area contributed by atoms with Gasteiger partial charge >= 0.3 is 11.9 Å². The lowest BCUT2D eigenvalue weighted by Gasteiger charge is -2.30. The highest BCUT2D eigenvalue weighted by molar-refractivity contribution is 7.84. The number of esters is 1.